The second-order valence-electron chi connectivity index (χ2n) is 8.31. The summed E-state index contributed by atoms with van der Waals surface area (Å²) in [5, 5.41) is 9.16. The predicted molar refractivity (Wildman–Crippen MR) is 119 cm³/mol. The van der Waals surface area contributed by atoms with Gasteiger partial charge in [0.2, 0.25) is 5.91 Å². The predicted octanol–water partition coefficient (Wildman–Crippen LogP) is 4.81. The molecule has 2 aromatic carbocycles. The van der Waals surface area contributed by atoms with E-state index in [1.165, 1.54) is 12.8 Å². The number of hydrogen-bond donors (Lipinski definition) is 2. The number of amides is 1. The number of carbonyl (C=O) groups is 1. The van der Waals surface area contributed by atoms with Crippen molar-refractivity contribution >= 4 is 17.2 Å². The van der Waals surface area contributed by atoms with Crippen LogP contribution in [0.3, 0.4) is 0 Å². The van der Waals surface area contributed by atoms with Crippen LogP contribution in [0.25, 0.3) is 5.57 Å². The van der Waals surface area contributed by atoms with Crippen molar-refractivity contribution in [2.75, 3.05) is 11.5 Å². The van der Waals surface area contributed by atoms with Crippen LogP contribution in [0.15, 0.2) is 60.7 Å². The fourth-order valence-electron chi connectivity index (χ4n) is 5.01. The van der Waals surface area contributed by atoms with Gasteiger partial charge in [0, 0.05) is 29.8 Å². The molecule has 1 saturated carbocycles. The first kappa shape index (κ1) is 20.5. The number of para-hydroxylation sites is 2. The molecule has 0 saturated heterocycles. The summed E-state index contributed by atoms with van der Waals surface area (Å²) >= 11 is 0. The molecule has 1 aliphatic carbocycles. The summed E-state index contributed by atoms with van der Waals surface area (Å²) < 4.78 is 6.04. The normalized spacial score (nSPS) is 19.7. The molecule has 4 rings (SSSR count). The highest BCUT2D eigenvalue weighted by molar-refractivity contribution is 5.83. The van der Waals surface area contributed by atoms with Gasteiger partial charge in [-0.1, -0.05) is 55.3 Å². The summed E-state index contributed by atoms with van der Waals surface area (Å²) in [7, 11) is 0. The van der Waals surface area contributed by atoms with Gasteiger partial charge in [-0.2, -0.15) is 0 Å². The van der Waals surface area contributed by atoms with Crippen molar-refractivity contribution in [3.8, 4) is 5.75 Å². The maximum absolute atomic E-state index is 12.1. The Bertz CT molecular complexity index is 890. The molecule has 5 nitrogen and oxygen atoms in total. The first-order chi connectivity index (χ1) is 14.7. The van der Waals surface area contributed by atoms with Crippen molar-refractivity contribution in [2.45, 2.75) is 51.1 Å². The molecule has 0 radical (unpaired) electrons. The number of carbonyl (C=O) groups excluding carboxylic acids is 1. The SMILES string of the molecule is CC1C=C(COc2ccccc2)c2ccccc2N1C(CC(=O)NO)C1CCCC1. The minimum absolute atomic E-state index is 0.0589. The summed E-state index contributed by atoms with van der Waals surface area (Å²) in [6.45, 7) is 2.68. The van der Waals surface area contributed by atoms with Crippen LogP contribution < -0.4 is 15.1 Å². The quantitative estimate of drug-likeness (QED) is 0.512. The van der Waals surface area contributed by atoms with E-state index < -0.39 is 0 Å². The Balaban J connectivity index is 1.63. The molecule has 2 N–H and O–H groups in total. The van der Waals surface area contributed by atoms with Gasteiger partial charge < -0.3 is 9.64 Å². The van der Waals surface area contributed by atoms with Crippen LogP contribution in [0, 0.1) is 5.92 Å². The number of hydroxylamine groups is 1. The highest BCUT2D eigenvalue weighted by atomic mass is 16.5. The van der Waals surface area contributed by atoms with E-state index in [9.17, 15) is 4.79 Å². The van der Waals surface area contributed by atoms with Crippen LogP contribution >= 0.6 is 0 Å². The zero-order chi connectivity index (χ0) is 20.9. The third-order valence-electron chi connectivity index (χ3n) is 6.37. The second-order valence-corrected chi connectivity index (χ2v) is 8.31. The Morgan fingerprint density at radius 3 is 2.57 bits per heavy atom. The molecule has 0 aromatic heterocycles. The van der Waals surface area contributed by atoms with Gasteiger partial charge >= 0.3 is 0 Å². The second kappa shape index (κ2) is 9.35. The molecule has 1 fully saturated rings. The molecule has 2 aliphatic rings. The maximum Gasteiger partial charge on any atom is 0.245 e. The number of ether oxygens (including phenoxy) is 1. The number of nitrogens with zero attached hydrogens (tertiary/aromatic N) is 1. The van der Waals surface area contributed by atoms with Crippen LogP contribution in [0.4, 0.5) is 5.69 Å². The number of anilines is 1. The first-order valence-electron chi connectivity index (χ1n) is 10.9. The standard InChI is InChI=1S/C25H30N2O3/c1-18-15-20(17-30-21-11-3-2-4-12-21)22-13-7-8-14-23(22)27(18)24(16-25(28)26-29)19-9-5-6-10-19/h2-4,7-8,11-15,18-19,24,29H,5-6,9-10,16-17H2,1H3,(H,26,28). The molecule has 5 heteroatoms. The minimum Gasteiger partial charge on any atom is -0.489 e. The Labute approximate surface area is 178 Å². The average Bonchev–Trinajstić information content (AvgIpc) is 3.32. The topological polar surface area (TPSA) is 61.8 Å². The molecular weight excluding hydrogens is 376 g/mol. The van der Waals surface area contributed by atoms with Gasteiger partial charge in [-0.15, -0.1) is 0 Å². The highest BCUT2D eigenvalue weighted by Crippen LogP contribution is 2.41. The lowest BCUT2D eigenvalue weighted by Crippen LogP contribution is -2.49. The average molecular weight is 407 g/mol. The van der Waals surface area contributed by atoms with Crippen molar-refractivity contribution in [1.29, 1.82) is 0 Å². The minimum atomic E-state index is -0.321. The molecule has 0 bridgehead atoms. The fourth-order valence-corrected chi connectivity index (χ4v) is 5.01. The zero-order valence-electron chi connectivity index (χ0n) is 17.5. The van der Waals surface area contributed by atoms with E-state index in [1.54, 1.807) is 0 Å². The van der Waals surface area contributed by atoms with Gasteiger partial charge in [0.05, 0.1) is 0 Å². The third-order valence-corrected chi connectivity index (χ3v) is 6.37. The summed E-state index contributed by atoms with van der Waals surface area (Å²) in [4.78, 5) is 14.5. The summed E-state index contributed by atoms with van der Waals surface area (Å²) in [6, 6.07) is 18.4. The van der Waals surface area contributed by atoms with Gasteiger partial charge in [-0.3, -0.25) is 10.0 Å². The van der Waals surface area contributed by atoms with Crippen molar-refractivity contribution in [3.63, 3.8) is 0 Å². The van der Waals surface area contributed by atoms with E-state index in [0.717, 1.165) is 35.4 Å². The molecule has 2 aromatic rings. The van der Waals surface area contributed by atoms with E-state index in [1.807, 2.05) is 41.9 Å². The van der Waals surface area contributed by atoms with Crippen molar-refractivity contribution in [3.05, 3.63) is 66.2 Å². The van der Waals surface area contributed by atoms with E-state index in [0.29, 0.717) is 18.9 Å². The Hall–Kier alpha value is -2.79. The molecule has 0 spiro atoms. The van der Waals surface area contributed by atoms with Crippen LogP contribution in [0.5, 0.6) is 5.75 Å². The fraction of sp³-hybridized carbons (Fsp3) is 0.400. The van der Waals surface area contributed by atoms with Crippen molar-refractivity contribution in [1.82, 2.24) is 5.48 Å². The van der Waals surface area contributed by atoms with Gasteiger partial charge in [0.25, 0.3) is 0 Å². The van der Waals surface area contributed by atoms with Crippen LogP contribution in [-0.4, -0.2) is 29.8 Å². The molecule has 158 valence electrons. The smallest absolute Gasteiger partial charge is 0.245 e. The van der Waals surface area contributed by atoms with Crippen molar-refractivity contribution in [2.24, 2.45) is 5.92 Å². The highest BCUT2D eigenvalue weighted by Gasteiger charge is 2.36. The molecule has 30 heavy (non-hydrogen) atoms. The third kappa shape index (κ3) is 4.36. The lowest BCUT2D eigenvalue weighted by molar-refractivity contribution is -0.129. The molecular formula is C25H30N2O3. The Kier molecular flexibility index (Phi) is 6.38. The zero-order valence-corrected chi connectivity index (χ0v) is 17.5. The van der Waals surface area contributed by atoms with E-state index >= 15 is 0 Å². The van der Waals surface area contributed by atoms with Gasteiger partial charge in [0.15, 0.2) is 0 Å². The van der Waals surface area contributed by atoms with E-state index in [4.69, 9.17) is 9.94 Å². The molecule has 1 aliphatic heterocycles. The molecule has 1 amide bonds. The van der Waals surface area contributed by atoms with Crippen LogP contribution in [-0.2, 0) is 4.79 Å². The maximum atomic E-state index is 12.1. The Morgan fingerprint density at radius 2 is 1.83 bits per heavy atom. The lowest BCUT2D eigenvalue weighted by atomic mass is 9.88. The number of rotatable bonds is 7. The van der Waals surface area contributed by atoms with Crippen molar-refractivity contribution < 1.29 is 14.7 Å². The lowest BCUT2D eigenvalue weighted by Gasteiger charge is -2.44. The molecule has 1 heterocycles. The molecule has 2 atom stereocenters. The number of hydrogen-bond acceptors (Lipinski definition) is 4. The number of fused-ring (bicyclic) bond motifs is 1. The number of benzene rings is 2. The first-order valence-corrected chi connectivity index (χ1v) is 10.9. The summed E-state index contributed by atoms with van der Waals surface area (Å²) in [5.74, 6) is 0.988. The van der Waals surface area contributed by atoms with E-state index in [-0.39, 0.29) is 18.0 Å². The Morgan fingerprint density at radius 1 is 1.13 bits per heavy atom. The summed E-state index contributed by atoms with van der Waals surface area (Å²) in [6.07, 6.45) is 7.22. The monoisotopic (exact) mass is 406 g/mol. The summed E-state index contributed by atoms with van der Waals surface area (Å²) in [5.41, 5.74) is 5.30. The van der Waals surface area contributed by atoms with Crippen LogP contribution in [0.1, 0.15) is 44.6 Å². The molecule has 2 unspecified atom stereocenters. The van der Waals surface area contributed by atoms with Gasteiger partial charge in [-0.25, -0.2) is 5.48 Å². The largest absolute Gasteiger partial charge is 0.489 e. The number of nitrogens with one attached hydrogen (secondary N) is 1. The van der Waals surface area contributed by atoms with Gasteiger partial charge in [0.1, 0.15) is 12.4 Å². The van der Waals surface area contributed by atoms with E-state index in [2.05, 4.69) is 36.1 Å². The van der Waals surface area contributed by atoms with Crippen LogP contribution in [0.2, 0.25) is 0 Å². The van der Waals surface area contributed by atoms with Gasteiger partial charge in [-0.05, 0) is 49.5 Å².